The second kappa shape index (κ2) is 7.11. The van der Waals surface area contributed by atoms with E-state index in [4.69, 9.17) is 0 Å². The van der Waals surface area contributed by atoms with Gasteiger partial charge in [0, 0.05) is 41.9 Å². The van der Waals surface area contributed by atoms with Crippen LogP contribution < -0.4 is 5.32 Å². The third-order valence-corrected chi connectivity index (χ3v) is 4.09. The molecule has 1 aromatic carbocycles. The standard InChI is InChI=1S/C17H14FN3OS/c18-13-4-1-5-14(9-13)20-16(22)6-7-17-21-15(11-23-17)12-3-2-8-19-10-12/h1-5,8-11H,6-7H2,(H,20,22). The summed E-state index contributed by atoms with van der Waals surface area (Å²) in [5.74, 6) is -0.530. The summed E-state index contributed by atoms with van der Waals surface area (Å²) in [6.07, 6.45) is 4.33. The number of pyridine rings is 1. The van der Waals surface area contributed by atoms with Gasteiger partial charge in [0.05, 0.1) is 10.7 Å². The number of rotatable bonds is 5. The molecule has 0 aliphatic heterocycles. The minimum Gasteiger partial charge on any atom is -0.326 e. The molecule has 0 aliphatic rings. The first kappa shape index (κ1) is 15.3. The molecule has 0 saturated carbocycles. The fourth-order valence-corrected chi connectivity index (χ4v) is 2.89. The van der Waals surface area contributed by atoms with Crippen LogP contribution in [0.1, 0.15) is 11.4 Å². The van der Waals surface area contributed by atoms with Crippen LogP contribution in [-0.2, 0) is 11.2 Å². The van der Waals surface area contributed by atoms with Crippen molar-refractivity contribution in [3.8, 4) is 11.3 Å². The Morgan fingerprint density at radius 3 is 2.96 bits per heavy atom. The van der Waals surface area contributed by atoms with Crippen LogP contribution in [0, 0.1) is 5.82 Å². The number of carbonyl (C=O) groups is 1. The number of amides is 1. The van der Waals surface area contributed by atoms with Gasteiger partial charge in [-0.15, -0.1) is 11.3 Å². The number of hydrogen-bond donors (Lipinski definition) is 1. The van der Waals surface area contributed by atoms with Gasteiger partial charge < -0.3 is 5.32 Å². The van der Waals surface area contributed by atoms with Crippen LogP contribution in [0.5, 0.6) is 0 Å². The molecule has 1 amide bonds. The number of benzene rings is 1. The van der Waals surface area contributed by atoms with Crippen molar-refractivity contribution in [2.75, 3.05) is 5.32 Å². The first-order valence-electron chi connectivity index (χ1n) is 7.11. The van der Waals surface area contributed by atoms with Crippen LogP contribution in [0.2, 0.25) is 0 Å². The quantitative estimate of drug-likeness (QED) is 0.773. The molecule has 2 heterocycles. The molecule has 3 rings (SSSR count). The zero-order valence-electron chi connectivity index (χ0n) is 12.2. The Balaban J connectivity index is 1.56. The Morgan fingerprint density at radius 2 is 2.17 bits per heavy atom. The lowest BCUT2D eigenvalue weighted by Gasteiger charge is -2.04. The van der Waals surface area contributed by atoms with Gasteiger partial charge in [0.15, 0.2) is 0 Å². The van der Waals surface area contributed by atoms with Crippen LogP contribution in [0.4, 0.5) is 10.1 Å². The Labute approximate surface area is 137 Å². The fourth-order valence-electron chi connectivity index (χ4n) is 2.08. The van der Waals surface area contributed by atoms with Crippen molar-refractivity contribution < 1.29 is 9.18 Å². The second-order valence-corrected chi connectivity index (χ2v) is 5.87. The van der Waals surface area contributed by atoms with E-state index in [2.05, 4.69) is 15.3 Å². The number of nitrogens with zero attached hydrogens (tertiary/aromatic N) is 2. The number of aryl methyl sites for hydroxylation is 1. The maximum Gasteiger partial charge on any atom is 0.224 e. The predicted octanol–water partition coefficient (Wildman–Crippen LogP) is 3.92. The van der Waals surface area contributed by atoms with E-state index in [1.807, 2.05) is 17.5 Å². The van der Waals surface area contributed by atoms with Crippen molar-refractivity contribution in [1.29, 1.82) is 0 Å². The number of hydrogen-bond acceptors (Lipinski definition) is 4. The topological polar surface area (TPSA) is 54.9 Å². The molecule has 116 valence electrons. The minimum absolute atomic E-state index is 0.159. The van der Waals surface area contributed by atoms with Crippen molar-refractivity contribution in [2.45, 2.75) is 12.8 Å². The van der Waals surface area contributed by atoms with Gasteiger partial charge in [-0.05, 0) is 30.3 Å². The monoisotopic (exact) mass is 327 g/mol. The van der Waals surface area contributed by atoms with Gasteiger partial charge in [-0.3, -0.25) is 9.78 Å². The van der Waals surface area contributed by atoms with Gasteiger partial charge in [-0.2, -0.15) is 0 Å². The van der Waals surface area contributed by atoms with Crippen LogP contribution in [0.25, 0.3) is 11.3 Å². The Bertz CT molecular complexity index is 804. The van der Waals surface area contributed by atoms with E-state index < -0.39 is 0 Å². The highest BCUT2D eigenvalue weighted by molar-refractivity contribution is 7.09. The molecule has 0 fully saturated rings. The maximum absolute atomic E-state index is 13.1. The highest BCUT2D eigenvalue weighted by Gasteiger charge is 2.08. The Morgan fingerprint density at radius 1 is 1.26 bits per heavy atom. The van der Waals surface area contributed by atoms with E-state index >= 15 is 0 Å². The summed E-state index contributed by atoms with van der Waals surface area (Å²) in [6.45, 7) is 0. The molecule has 23 heavy (non-hydrogen) atoms. The van der Waals surface area contributed by atoms with Crippen LogP contribution in [0.15, 0.2) is 54.2 Å². The largest absolute Gasteiger partial charge is 0.326 e. The molecule has 0 aliphatic carbocycles. The van der Waals surface area contributed by atoms with Crippen molar-refractivity contribution in [2.24, 2.45) is 0 Å². The summed E-state index contributed by atoms with van der Waals surface area (Å²) in [6, 6.07) is 9.66. The van der Waals surface area contributed by atoms with Gasteiger partial charge >= 0.3 is 0 Å². The lowest BCUT2D eigenvalue weighted by atomic mass is 10.2. The predicted molar refractivity (Wildman–Crippen MR) is 88.7 cm³/mol. The molecule has 2 aromatic heterocycles. The molecule has 1 N–H and O–H groups in total. The maximum atomic E-state index is 13.1. The van der Waals surface area contributed by atoms with E-state index in [0.717, 1.165) is 16.3 Å². The van der Waals surface area contributed by atoms with Crippen molar-refractivity contribution >= 4 is 22.9 Å². The second-order valence-electron chi connectivity index (χ2n) is 4.93. The van der Waals surface area contributed by atoms with Gasteiger partial charge in [0.2, 0.25) is 5.91 Å². The normalized spacial score (nSPS) is 10.5. The number of nitrogens with one attached hydrogen (secondary N) is 1. The number of aromatic nitrogens is 2. The van der Waals surface area contributed by atoms with Crippen molar-refractivity contribution in [3.05, 3.63) is 65.0 Å². The third kappa shape index (κ3) is 4.20. The van der Waals surface area contributed by atoms with Gasteiger partial charge in [-0.25, -0.2) is 9.37 Å². The number of carbonyl (C=O) groups excluding carboxylic acids is 1. The Hall–Kier alpha value is -2.60. The number of halogens is 1. The zero-order chi connectivity index (χ0) is 16.1. The molecule has 0 unspecified atom stereocenters. The first-order chi connectivity index (χ1) is 11.2. The fraction of sp³-hybridized carbons (Fsp3) is 0.118. The molecule has 0 bridgehead atoms. The van der Waals surface area contributed by atoms with E-state index in [9.17, 15) is 9.18 Å². The van der Waals surface area contributed by atoms with Crippen molar-refractivity contribution in [1.82, 2.24) is 9.97 Å². The summed E-state index contributed by atoms with van der Waals surface area (Å²) < 4.78 is 13.1. The number of thiazole rings is 1. The smallest absolute Gasteiger partial charge is 0.224 e. The molecule has 0 spiro atoms. The number of anilines is 1. The van der Waals surface area contributed by atoms with E-state index in [-0.39, 0.29) is 11.7 Å². The molecule has 6 heteroatoms. The summed E-state index contributed by atoms with van der Waals surface area (Å²) in [5, 5.41) is 5.52. The highest BCUT2D eigenvalue weighted by Crippen LogP contribution is 2.21. The van der Waals surface area contributed by atoms with E-state index in [1.165, 1.54) is 23.5 Å². The van der Waals surface area contributed by atoms with Gasteiger partial charge in [0.1, 0.15) is 5.82 Å². The Kier molecular flexibility index (Phi) is 4.73. The molecule has 0 saturated heterocycles. The van der Waals surface area contributed by atoms with Gasteiger partial charge in [0.25, 0.3) is 0 Å². The SMILES string of the molecule is O=C(CCc1nc(-c2cccnc2)cs1)Nc1cccc(F)c1. The van der Waals surface area contributed by atoms with Crippen LogP contribution in [0.3, 0.4) is 0 Å². The van der Waals surface area contributed by atoms with Crippen molar-refractivity contribution in [3.63, 3.8) is 0 Å². The molecular formula is C17H14FN3OS. The zero-order valence-corrected chi connectivity index (χ0v) is 13.0. The molecular weight excluding hydrogens is 313 g/mol. The molecule has 0 atom stereocenters. The lowest BCUT2D eigenvalue weighted by Crippen LogP contribution is -2.12. The van der Waals surface area contributed by atoms with Crippen LogP contribution >= 0.6 is 11.3 Å². The average molecular weight is 327 g/mol. The summed E-state index contributed by atoms with van der Waals surface area (Å²) >= 11 is 1.52. The lowest BCUT2D eigenvalue weighted by molar-refractivity contribution is -0.116. The minimum atomic E-state index is -0.371. The molecule has 0 radical (unpaired) electrons. The molecule has 3 aromatic rings. The summed E-state index contributed by atoms with van der Waals surface area (Å²) in [4.78, 5) is 20.5. The van der Waals surface area contributed by atoms with Gasteiger partial charge in [-0.1, -0.05) is 6.07 Å². The van der Waals surface area contributed by atoms with E-state index in [1.54, 1.807) is 24.5 Å². The average Bonchev–Trinajstić information content (AvgIpc) is 3.03. The molecule has 4 nitrogen and oxygen atoms in total. The summed E-state index contributed by atoms with van der Waals surface area (Å²) in [7, 11) is 0. The van der Waals surface area contributed by atoms with E-state index in [0.29, 0.717) is 18.5 Å². The first-order valence-corrected chi connectivity index (χ1v) is 7.99. The third-order valence-electron chi connectivity index (χ3n) is 3.18. The summed E-state index contributed by atoms with van der Waals surface area (Å²) in [5.41, 5.74) is 2.29. The highest BCUT2D eigenvalue weighted by atomic mass is 32.1. The van der Waals surface area contributed by atoms with Crippen LogP contribution in [-0.4, -0.2) is 15.9 Å².